The minimum Gasteiger partial charge on any atom is -0.327 e. The summed E-state index contributed by atoms with van der Waals surface area (Å²) >= 11 is 0. The van der Waals surface area contributed by atoms with Crippen molar-refractivity contribution in [2.45, 2.75) is 24.8 Å². The summed E-state index contributed by atoms with van der Waals surface area (Å²) in [6.45, 7) is 3.56. The van der Waals surface area contributed by atoms with E-state index in [1.165, 1.54) is 0 Å². The van der Waals surface area contributed by atoms with Crippen LogP contribution in [0.4, 0.5) is 8.78 Å². The molecular weight excluding hydrogens is 248 g/mol. The topological polar surface area (TPSA) is 60.2 Å². The largest absolute Gasteiger partial charge is 0.327 e. The van der Waals surface area contributed by atoms with Crippen LogP contribution in [0.3, 0.4) is 0 Å². The Bertz CT molecular complexity index is 500. The number of hydrogen-bond donors (Lipinski definition) is 1. The number of nitrogens with two attached hydrogens (primary N) is 1. The molecule has 0 aromatic heterocycles. The number of rotatable bonds is 4. The average Bonchev–Trinajstić information content (AvgIpc) is 2.15. The molecule has 0 aliphatic carbocycles. The molecule has 17 heavy (non-hydrogen) atoms. The highest BCUT2D eigenvalue weighted by molar-refractivity contribution is 7.91. The van der Waals surface area contributed by atoms with E-state index < -0.39 is 32.4 Å². The molecule has 0 amide bonds. The van der Waals surface area contributed by atoms with Gasteiger partial charge in [-0.1, -0.05) is 13.8 Å². The zero-order chi connectivity index (χ0) is 13.2. The van der Waals surface area contributed by atoms with Gasteiger partial charge in [-0.05, 0) is 18.1 Å². The Kier molecular flexibility index (Phi) is 4.21. The summed E-state index contributed by atoms with van der Waals surface area (Å²) in [5, 5.41) is 0. The third kappa shape index (κ3) is 3.47. The van der Waals surface area contributed by atoms with Gasteiger partial charge in [0.2, 0.25) is 0 Å². The van der Waals surface area contributed by atoms with E-state index in [1.807, 2.05) is 0 Å². The molecule has 0 saturated carbocycles. The normalized spacial score (nSPS) is 14.0. The monoisotopic (exact) mass is 263 g/mol. The first kappa shape index (κ1) is 14.1. The third-order valence-electron chi connectivity index (χ3n) is 2.50. The van der Waals surface area contributed by atoms with E-state index in [0.29, 0.717) is 6.07 Å². The number of hydrogen-bond acceptors (Lipinski definition) is 3. The van der Waals surface area contributed by atoms with Crippen LogP contribution in [0.15, 0.2) is 23.1 Å². The van der Waals surface area contributed by atoms with E-state index in [9.17, 15) is 17.2 Å². The average molecular weight is 263 g/mol. The highest BCUT2D eigenvalue weighted by Gasteiger charge is 2.24. The molecule has 0 saturated heterocycles. The van der Waals surface area contributed by atoms with E-state index in [4.69, 9.17) is 5.73 Å². The summed E-state index contributed by atoms with van der Waals surface area (Å²) in [5.41, 5.74) is 5.64. The number of benzene rings is 1. The van der Waals surface area contributed by atoms with E-state index in [2.05, 4.69) is 0 Å². The Morgan fingerprint density at radius 3 is 2.35 bits per heavy atom. The molecule has 3 nitrogen and oxygen atoms in total. The zero-order valence-corrected chi connectivity index (χ0v) is 10.5. The quantitative estimate of drug-likeness (QED) is 0.841. The van der Waals surface area contributed by atoms with Gasteiger partial charge in [-0.3, -0.25) is 0 Å². The molecule has 0 aliphatic rings. The minimum atomic E-state index is -3.82. The molecule has 1 aromatic rings. The van der Waals surface area contributed by atoms with E-state index in [0.717, 1.165) is 12.1 Å². The maximum absolute atomic E-state index is 13.3. The van der Waals surface area contributed by atoms with Crippen molar-refractivity contribution in [3.05, 3.63) is 29.8 Å². The summed E-state index contributed by atoms with van der Waals surface area (Å²) in [7, 11) is -3.82. The van der Waals surface area contributed by atoms with Gasteiger partial charge in [0.05, 0.1) is 5.75 Å². The van der Waals surface area contributed by atoms with Crippen molar-refractivity contribution in [1.29, 1.82) is 0 Å². The standard InChI is InChI=1S/C11H15F2NO2S/c1-7(2)10(14)6-17(15,16)11-4-3-8(12)5-9(11)13/h3-5,7,10H,6,14H2,1-2H3. The van der Waals surface area contributed by atoms with Crippen LogP contribution in [-0.2, 0) is 9.84 Å². The molecule has 1 rings (SSSR count). The zero-order valence-electron chi connectivity index (χ0n) is 9.65. The highest BCUT2D eigenvalue weighted by Crippen LogP contribution is 2.18. The van der Waals surface area contributed by atoms with Crippen molar-refractivity contribution in [3.63, 3.8) is 0 Å². The Morgan fingerprint density at radius 2 is 1.88 bits per heavy atom. The minimum absolute atomic E-state index is 0.0340. The van der Waals surface area contributed by atoms with E-state index in [-0.39, 0.29) is 11.7 Å². The first-order valence-electron chi connectivity index (χ1n) is 5.17. The third-order valence-corrected chi connectivity index (χ3v) is 4.32. The Labute approximate surface area is 99.6 Å². The molecule has 1 atom stereocenters. The van der Waals surface area contributed by atoms with Gasteiger partial charge in [0.25, 0.3) is 0 Å². The van der Waals surface area contributed by atoms with Crippen LogP contribution in [0, 0.1) is 17.6 Å². The van der Waals surface area contributed by atoms with Gasteiger partial charge in [-0.15, -0.1) is 0 Å². The van der Waals surface area contributed by atoms with E-state index in [1.54, 1.807) is 13.8 Å². The van der Waals surface area contributed by atoms with Crippen LogP contribution in [0.2, 0.25) is 0 Å². The lowest BCUT2D eigenvalue weighted by atomic mass is 10.1. The van der Waals surface area contributed by atoms with Crippen molar-refractivity contribution < 1.29 is 17.2 Å². The predicted octanol–water partition coefficient (Wildman–Crippen LogP) is 1.72. The fourth-order valence-electron chi connectivity index (χ4n) is 1.26. The van der Waals surface area contributed by atoms with Crippen molar-refractivity contribution in [1.82, 2.24) is 0 Å². The van der Waals surface area contributed by atoms with Crippen LogP contribution in [0.1, 0.15) is 13.8 Å². The van der Waals surface area contributed by atoms with Gasteiger partial charge < -0.3 is 5.73 Å². The van der Waals surface area contributed by atoms with Crippen LogP contribution in [0.5, 0.6) is 0 Å². The second kappa shape index (κ2) is 5.10. The van der Waals surface area contributed by atoms with Gasteiger partial charge in [0.1, 0.15) is 16.5 Å². The van der Waals surface area contributed by atoms with Crippen LogP contribution in [-0.4, -0.2) is 20.2 Å². The smallest absolute Gasteiger partial charge is 0.182 e. The molecule has 1 aromatic carbocycles. The van der Waals surface area contributed by atoms with Crippen molar-refractivity contribution in [2.24, 2.45) is 11.7 Å². The fourth-order valence-corrected chi connectivity index (χ4v) is 2.97. The molecule has 0 heterocycles. The maximum atomic E-state index is 13.3. The van der Waals surface area contributed by atoms with Crippen molar-refractivity contribution in [2.75, 3.05) is 5.75 Å². The highest BCUT2D eigenvalue weighted by atomic mass is 32.2. The summed E-state index contributed by atoms with van der Waals surface area (Å²) in [6, 6.07) is 1.81. The molecule has 0 bridgehead atoms. The molecule has 6 heteroatoms. The van der Waals surface area contributed by atoms with Crippen molar-refractivity contribution in [3.8, 4) is 0 Å². The number of halogens is 2. The summed E-state index contributed by atoms with van der Waals surface area (Å²) in [5.74, 6) is -2.28. The Hall–Kier alpha value is -1.01. The molecule has 2 N–H and O–H groups in total. The lowest BCUT2D eigenvalue weighted by Crippen LogP contribution is -2.34. The second-order valence-electron chi connectivity index (χ2n) is 4.26. The summed E-state index contributed by atoms with van der Waals surface area (Å²) in [6.07, 6.45) is 0. The van der Waals surface area contributed by atoms with Gasteiger partial charge in [0.15, 0.2) is 9.84 Å². The molecule has 96 valence electrons. The lowest BCUT2D eigenvalue weighted by Gasteiger charge is -2.15. The van der Waals surface area contributed by atoms with E-state index >= 15 is 0 Å². The molecule has 1 unspecified atom stereocenters. The number of sulfone groups is 1. The second-order valence-corrected chi connectivity index (χ2v) is 6.27. The van der Waals surface area contributed by atoms with Crippen LogP contribution >= 0.6 is 0 Å². The predicted molar refractivity (Wildman–Crippen MR) is 61.2 cm³/mol. The molecule has 0 radical (unpaired) electrons. The molecule has 0 spiro atoms. The lowest BCUT2D eigenvalue weighted by molar-refractivity contribution is 0.510. The maximum Gasteiger partial charge on any atom is 0.182 e. The first-order valence-corrected chi connectivity index (χ1v) is 6.82. The molecule has 0 fully saturated rings. The van der Waals surface area contributed by atoms with Crippen molar-refractivity contribution >= 4 is 9.84 Å². The Morgan fingerprint density at radius 1 is 1.29 bits per heavy atom. The van der Waals surface area contributed by atoms with Gasteiger partial charge in [-0.2, -0.15) is 0 Å². The summed E-state index contributed by atoms with van der Waals surface area (Å²) < 4.78 is 49.7. The Balaban J connectivity index is 3.06. The van der Waals surface area contributed by atoms with Gasteiger partial charge in [-0.25, -0.2) is 17.2 Å². The first-order chi connectivity index (χ1) is 7.74. The van der Waals surface area contributed by atoms with Gasteiger partial charge in [0, 0.05) is 12.1 Å². The molecule has 0 aliphatic heterocycles. The van der Waals surface area contributed by atoms with Crippen LogP contribution < -0.4 is 5.73 Å². The SMILES string of the molecule is CC(C)C(N)CS(=O)(=O)c1ccc(F)cc1F. The molecular formula is C11H15F2NO2S. The summed E-state index contributed by atoms with van der Waals surface area (Å²) in [4.78, 5) is -0.505. The van der Waals surface area contributed by atoms with Gasteiger partial charge >= 0.3 is 0 Å². The fraction of sp³-hybridized carbons (Fsp3) is 0.455. The van der Waals surface area contributed by atoms with Crippen LogP contribution in [0.25, 0.3) is 0 Å².